The first-order chi connectivity index (χ1) is 11.6. The standard InChI is InChI=1S/C18H21N5O/c1-12-6-4-5-7-16(12)23-18-15(8-21-23)17(19-11-20-18)22-9-13(2)24-14(3)10-22/h4-8,11,13-14H,9-10H2,1-3H3. The fourth-order valence-corrected chi connectivity index (χ4v) is 3.41. The van der Waals surface area contributed by atoms with Crippen LogP contribution in [0.1, 0.15) is 19.4 Å². The molecular formula is C18H21N5O. The van der Waals surface area contributed by atoms with Gasteiger partial charge in [0.1, 0.15) is 12.1 Å². The molecule has 1 aromatic carbocycles. The molecule has 1 saturated heterocycles. The lowest BCUT2D eigenvalue weighted by Gasteiger charge is -2.36. The minimum absolute atomic E-state index is 0.185. The zero-order valence-corrected chi connectivity index (χ0v) is 14.2. The molecule has 1 fully saturated rings. The fraction of sp³-hybridized carbons (Fsp3) is 0.389. The first-order valence-electron chi connectivity index (χ1n) is 8.28. The molecule has 1 aliphatic rings. The first kappa shape index (κ1) is 15.1. The van der Waals surface area contributed by atoms with Crippen LogP contribution in [0.5, 0.6) is 0 Å². The van der Waals surface area contributed by atoms with Gasteiger partial charge in [-0.3, -0.25) is 0 Å². The molecule has 2 unspecified atom stereocenters. The van der Waals surface area contributed by atoms with E-state index < -0.39 is 0 Å². The lowest BCUT2D eigenvalue weighted by molar-refractivity contribution is -0.00537. The van der Waals surface area contributed by atoms with Crippen LogP contribution in [0.15, 0.2) is 36.8 Å². The third-order valence-corrected chi connectivity index (χ3v) is 4.41. The fourth-order valence-electron chi connectivity index (χ4n) is 3.41. The van der Waals surface area contributed by atoms with Crippen molar-refractivity contribution in [3.8, 4) is 5.69 Å². The Bertz CT molecular complexity index is 865. The predicted molar refractivity (Wildman–Crippen MR) is 93.6 cm³/mol. The van der Waals surface area contributed by atoms with E-state index in [0.29, 0.717) is 0 Å². The van der Waals surface area contributed by atoms with Crippen LogP contribution in [-0.4, -0.2) is 45.0 Å². The summed E-state index contributed by atoms with van der Waals surface area (Å²) in [7, 11) is 0. The van der Waals surface area contributed by atoms with Gasteiger partial charge in [-0.1, -0.05) is 18.2 Å². The minimum Gasteiger partial charge on any atom is -0.372 e. The Morgan fingerprint density at radius 3 is 2.58 bits per heavy atom. The van der Waals surface area contributed by atoms with Gasteiger partial charge in [0, 0.05) is 13.1 Å². The quantitative estimate of drug-likeness (QED) is 0.726. The average molecular weight is 323 g/mol. The van der Waals surface area contributed by atoms with E-state index in [1.54, 1.807) is 6.33 Å². The number of morpholine rings is 1. The molecule has 4 rings (SSSR count). The summed E-state index contributed by atoms with van der Waals surface area (Å²) in [6.07, 6.45) is 3.86. The molecule has 24 heavy (non-hydrogen) atoms. The van der Waals surface area contributed by atoms with E-state index in [1.165, 1.54) is 0 Å². The van der Waals surface area contributed by atoms with E-state index in [2.05, 4.69) is 52.9 Å². The second kappa shape index (κ2) is 5.87. The number of para-hydroxylation sites is 1. The van der Waals surface area contributed by atoms with Gasteiger partial charge in [0.05, 0.1) is 29.5 Å². The molecule has 0 saturated carbocycles. The van der Waals surface area contributed by atoms with Crippen LogP contribution in [0.2, 0.25) is 0 Å². The van der Waals surface area contributed by atoms with Crippen LogP contribution in [0.3, 0.4) is 0 Å². The highest BCUT2D eigenvalue weighted by molar-refractivity contribution is 5.87. The normalized spacial score (nSPS) is 21.4. The highest BCUT2D eigenvalue weighted by Crippen LogP contribution is 2.27. The Labute approximate surface area is 141 Å². The van der Waals surface area contributed by atoms with Gasteiger partial charge in [-0.15, -0.1) is 0 Å². The van der Waals surface area contributed by atoms with E-state index in [0.717, 1.165) is 41.2 Å². The van der Waals surface area contributed by atoms with Crippen LogP contribution in [0.25, 0.3) is 16.7 Å². The number of rotatable bonds is 2. The number of hydrogen-bond donors (Lipinski definition) is 0. The summed E-state index contributed by atoms with van der Waals surface area (Å²) >= 11 is 0. The Balaban J connectivity index is 1.81. The summed E-state index contributed by atoms with van der Waals surface area (Å²) in [4.78, 5) is 11.3. The summed E-state index contributed by atoms with van der Waals surface area (Å²) in [6, 6.07) is 8.18. The topological polar surface area (TPSA) is 56.1 Å². The molecule has 0 N–H and O–H groups in total. The number of benzene rings is 1. The summed E-state index contributed by atoms with van der Waals surface area (Å²) in [5, 5.41) is 5.55. The monoisotopic (exact) mass is 323 g/mol. The van der Waals surface area contributed by atoms with E-state index in [1.807, 2.05) is 23.0 Å². The van der Waals surface area contributed by atoms with Crippen molar-refractivity contribution in [2.45, 2.75) is 33.0 Å². The maximum absolute atomic E-state index is 5.83. The van der Waals surface area contributed by atoms with E-state index in [4.69, 9.17) is 4.74 Å². The molecule has 2 atom stereocenters. The number of aryl methyl sites for hydroxylation is 1. The highest BCUT2D eigenvalue weighted by atomic mass is 16.5. The number of ether oxygens (including phenoxy) is 1. The van der Waals surface area contributed by atoms with Crippen molar-refractivity contribution in [2.75, 3.05) is 18.0 Å². The van der Waals surface area contributed by atoms with Gasteiger partial charge in [-0.25, -0.2) is 14.6 Å². The van der Waals surface area contributed by atoms with Gasteiger partial charge >= 0.3 is 0 Å². The van der Waals surface area contributed by atoms with Crippen LogP contribution in [-0.2, 0) is 4.74 Å². The Morgan fingerprint density at radius 1 is 1.08 bits per heavy atom. The Morgan fingerprint density at radius 2 is 1.83 bits per heavy atom. The molecule has 2 aromatic heterocycles. The summed E-state index contributed by atoms with van der Waals surface area (Å²) in [5.41, 5.74) is 3.04. The maximum Gasteiger partial charge on any atom is 0.168 e. The van der Waals surface area contributed by atoms with Crippen molar-refractivity contribution >= 4 is 16.9 Å². The van der Waals surface area contributed by atoms with E-state index in [-0.39, 0.29) is 12.2 Å². The van der Waals surface area contributed by atoms with Crippen molar-refractivity contribution in [2.24, 2.45) is 0 Å². The third-order valence-electron chi connectivity index (χ3n) is 4.41. The first-order valence-corrected chi connectivity index (χ1v) is 8.28. The molecule has 6 nitrogen and oxygen atoms in total. The van der Waals surface area contributed by atoms with Crippen LogP contribution < -0.4 is 4.90 Å². The molecule has 3 aromatic rings. The second-order valence-corrected chi connectivity index (χ2v) is 6.44. The zero-order valence-electron chi connectivity index (χ0n) is 14.2. The van der Waals surface area contributed by atoms with Crippen LogP contribution in [0.4, 0.5) is 5.82 Å². The van der Waals surface area contributed by atoms with Gasteiger partial charge in [0.2, 0.25) is 0 Å². The van der Waals surface area contributed by atoms with Crippen molar-refractivity contribution in [3.63, 3.8) is 0 Å². The minimum atomic E-state index is 0.185. The van der Waals surface area contributed by atoms with Gasteiger partial charge in [0.25, 0.3) is 0 Å². The molecule has 3 heterocycles. The van der Waals surface area contributed by atoms with Crippen molar-refractivity contribution in [3.05, 3.63) is 42.4 Å². The van der Waals surface area contributed by atoms with Crippen LogP contribution >= 0.6 is 0 Å². The molecule has 6 heteroatoms. The molecule has 0 amide bonds. The number of hydrogen-bond acceptors (Lipinski definition) is 5. The lowest BCUT2D eigenvalue weighted by Crippen LogP contribution is -2.45. The van der Waals surface area contributed by atoms with Gasteiger partial charge in [-0.2, -0.15) is 5.10 Å². The zero-order chi connectivity index (χ0) is 16.7. The van der Waals surface area contributed by atoms with Crippen LogP contribution in [0, 0.1) is 6.92 Å². The Kier molecular flexibility index (Phi) is 3.69. The number of fused-ring (bicyclic) bond motifs is 1. The molecule has 0 bridgehead atoms. The number of aromatic nitrogens is 4. The predicted octanol–water partition coefficient (Wildman–Crippen LogP) is 2.74. The maximum atomic E-state index is 5.83. The van der Waals surface area contributed by atoms with Gasteiger partial charge in [0.15, 0.2) is 5.65 Å². The van der Waals surface area contributed by atoms with Crippen molar-refractivity contribution in [1.82, 2.24) is 19.7 Å². The molecule has 1 aliphatic heterocycles. The highest BCUT2D eigenvalue weighted by Gasteiger charge is 2.25. The summed E-state index contributed by atoms with van der Waals surface area (Å²) in [5.74, 6) is 0.932. The molecule has 124 valence electrons. The second-order valence-electron chi connectivity index (χ2n) is 6.44. The molecule has 0 spiro atoms. The summed E-state index contributed by atoms with van der Waals surface area (Å²) < 4.78 is 7.73. The molecule has 0 radical (unpaired) electrons. The Hall–Kier alpha value is -2.47. The van der Waals surface area contributed by atoms with Crippen molar-refractivity contribution in [1.29, 1.82) is 0 Å². The van der Waals surface area contributed by atoms with Gasteiger partial charge in [-0.05, 0) is 32.4 Å². The number of anilines is 1. The molecule has 0 aliphatic carbocycles. The SMILES string of the molecule is Cc1ccccc1-n1ncc2c(N3CC(C)OC(C)C3)ncnc21. The van der Waals surface area contributed by atoms with E-state index >= 15 is 0 Å². The smallest absolute Gasteiger partial charge is 0.168 e. The lowest BCUT2D eigenvalue weighted by atomic mass is 10.2. The number of nitrogens with zero attached hydrogens (tertiary/aromatic N) is 5. The van der Waals surface area contributed by atoms with Gasteiger partial charge < -0.3 is 9.64 Å². The van der Waals surface area contributed by atoms with Crippen molar-refractivity contribution < 1.29 is 4.74 Å². The van der Waals surface area contributed by atoms with E-state index in [9.17, 15) is 0 Å². The molecular weight excluding hydrogens is 302 g/mol. The summed E-state index contributed by atoms with van der Waals surface area (Å²) in [6.45, 7) is 7.92. The third kappa shape index (κ3) is 2.53. The average Bonchev–Trinajstić information content (AvgIpc) is 2.98. The largest absolute Gasteiger partial charge is 0.372 e.